The quantitative estimate of drug-likeness (QED) is 0.522. The van der Waals surface area contributed by atoms with Gasteiger partial charge in [-0.25, -0.2) is 0 Å². The van der Waals surface area contributed by atoms with E-state index in [1.54, 1.807) is 0 Å². The number of ether oxygens (including phenoxy) is 1. The molecule has 1 aliphatic heterocycles. The van der Waals surface area contributed by atoms with Gasteiger partial charge in [-0.3, -0.25) is 0 Å². The Balaban J connectivity index is 2.12. The maximum atomic E-state index is 5.58. The molecule has 0 saturated heterocycles. The fourth-order valence-corrected chi connectivity index (χ4v) is 2.27. The van der Waals surface area contributed by atoms with Gasteiger partial charge in [-0.2, -0.15) is 0 Å². The summed E-state index contributed by atoms with van der Waals surface area (Å²) in [6, 6.07) is 0. The van der Waals surface area contributed by atoms with Crippen LogP contribution < -0.4 is 0 Å². The Labute approximate surface area is 113 Å². The molecule has 1 aliphatic rings. The van der Waals surface area contributed by atoms with Crippen LogP contribution in [0.5, 0.6) is 0 Å². The van der Waals surface area contributed by atoms with Crippen LogP contribution in [-0.2, 0) is 4.74 Å². The third-order valence-corrected chi connectivity index (χ3v) is 3.45. The summed E-state index contributed by atoms with van der Waals surface area (Å²) >= 11 is 0. The van der Waals surface area contributed by atoms with Crippen LogP contribution in [-0.4, -0.2) is 13.2 Å². The minimum atomic E-state index is 0.808. The highest BCUT2D eigenvalue weighted by Gasteiger charge is 1.91. The highest BCUT2D eigenvalue weighted by Crippen LogP contribution is 2.08. The van der Waals surface area contributed by atoms with E-state index in [9.17, 15) is 0 Å². The molecule has 0 unspecified atom stereocenters. The second-order valence-corrected chi connectivity index (χ2v) is 5.21. The Morgan fingerprint density at radius 1 is 0.500 bits per heavy atom. The molecule has 0 saturated carbocycles. The molecule has 1 rings (SSSR count). The van der Waals surface area contributed by atoms with Gasteiger partial charge in [0.1, 0.15) is 0 Å². The lowest BCUT2D eigenvalue weighted by molar-refractivity contribution is 0.157. The number of rotatable bonds is 0. The van der Waals surface area contributed by atoms with Crippen LogP contribution in [0.2, 0.25) is 0 Å². The fourth-order valence-electron chi connectivity index (χ4n) is 2.27. The molecule has 18 heavy (non-hydrogen) atoms. The summed E-state index contributed by atoms with van der Waals surface area (Å²) in [5.41, 5.74) is 0. The van der Waals surface area contributed by atoms with E-state index in [2.05, 4.69) is 24.3 Å². The number of allylic oxidation sites excluding steroid dienone is 3. The highest BCUT2D eigenvalue weighted by molar-refractivity contribution is 4.82. The van der Waals surface area contributed by atoms with E-state index < -0.39 is 0 Å². The van der Waals surface area contributed by atoms with Crippen LogP contribution >= 0.6 is 0 Å². The van der Waals surface area contributed by atoms with Gasteiger partial charge in [0.05, 0.1) is 6.61 Å². The smallest absolute Gasteiger partial charge is 0.0647 e. The summed E-state index contributed by atoms with van der Waals surface area (Å²) in [6.07, 6.45) is 23.7. The minimum Gasteiger partial charge on any atom is -0.377 e. The Morgan fingerprint density at radius 2 is 1.00 bits per heavy atom. The van der Waals surface area contributed by atoms with Gasteiger partial charge in [-0.1, -0.05) is 50.0 Å². The number of hydrogen-bond donors (Lipinski definition) is 0. The standard InChI is InChI=1S/C17H30O/c1-2-4-6-8-10-12-14-16-18-17-15-13-11-9-7-5-3-1/h2,4,13,15H,1,3,5-12,14,16-17H2/b4-2-,15-13+. The van der Waals surface area contributed by atoms with Crippen LogP contribution in [0.15, 0.2) is 24.3 Å². The summed E-state index contributed by atoms with van der Waals surface area (Å²) in [7, 11) is 0. The van der Waals surface area contributed by atoms with E-state index in [0.29, 0.717) is 0 Å². The van der Waals surface area contributed by atoms with Gasteiger partial charge in [0.2, 0.25) is 0 Å². The predicted octanol–water partition coefficient (Wildman–Crippen LogP) is 5.42. The molecule has 0 atom stereocenters. The first-order chi connectivity index (χ1) is 9.00. The average Bonchev–Trinajstić information content (AvgIpc) is 2.39. The molecule has 1 heterocycles. The van der Waals surface area contributed by atoms with Crippen LogP contribution in [0, 0.1) is 0 Å². The minimum absolute atomic E-state index is 0.808. The van der Waals surface area contributed by atoms with Gasteiger partial charge in [0, 0.05) is 6.61 Å². The van der Waals surface area contributed by atoms with Crippen LogP contribution in [0.25, 0.3) is 0 Å². The molecule has 0 fully saturated rings. The monoisotopic (exact) mass is 250 g/mol. The summed E-state index contributed by atoms with van der Waals surface area (Å²) < 4.78 is 5.58. The molecule has 0 aromatic rings. The van der Waals surface area contributed by atoms with Crippen molar-refractivity contribution in [3.05, 3.63) is 24.3 Å². The Morgan fingerprint density at radius 3 is 1.61 bits per heavy atom. The zero-order valence-electron chi connectivity index (χ0n) is 11.9. The summed E-state index contributed by atoms with van der Waals surface area (Å²) in [5, 5.41) is 0. The van der Waals surface area contributed by atoms with Crippen molar-refractivity contribution >= 4 is 0 Å². The van der Waals surface area contributed by atoms with Crippen molar-refractivity contribution in [2.24, 2.45) is 0 Å². The van der Waals surface area contributed by atoms with E-state index >= 15 is 0 Å². The highest BCUT2D eigenvalue weighted by atomic mass is 16.5. The van der Waals surface area contributed by atoms with Crippen LogP contribution in [0.3, 0.4) is 0 Å². The van der Waals surface area contributed by atoms with Crippen LogP contribution in [0.4, 0.5) is 0 Å². The maximum Gasteiger partial charge on any atom is 0.0647 e. The lowest BCUT2D eigenvalue weighted by Gasteiger charge is -2.02. The summed E-state index contributed by atoms with van der Waals surface area (Å²) in [5.74, 6) is 0. The van der Waals surface area contributed by atoms with Crippen molar-refractivity contribution in [2.45, 2.75) is 70.6 Å². The Hall–Kier alpha value is -0.560. The normalized spacial score (nSPS) is 25.8. The van der Waals surface area contributed by atoms with E-state index in [4.69, 9.17) is 4.74 Å². The first-order valence-electron chi connectivity index (χ1n) is 7.88. The average molecular weight is 250 g/mol. The first kappa shape index (κ1) is 15.5. The van der Waals surface area contributed by atoms with Crippen molar-refractivity contribution in [2.75, 3.05) is 13.2 Å². The molecule has 0 bridgehead atoms. The van der Waals surface area contributed by atoms with Crippen molar-refractivity contribution < 1.29 is 4.74 Å². The van der Waals surface area contributed by atoms with Gasteiger partial charge in [-0.05, 0) is 44.9 Å². The Kier molecular flexibility index (Phi) is 11.1. The molecule has 0 spiro atoms. The lowest BCUT2D eigenvalue weighted by atomic mass is 10.1. The van der Waals surface area contributed by atoms with Crippen molar-refractivity contribution in [3.8, 4) is 0 Å². The van der Waals surface area contributed by atoms with Gasteiger partial charge in [0.25, 0.3) is 0 Å². The van der Waals surface area contributed by atoms with E-state index in [0.717, 1.165) is 13.2 Å². The molecule has 0 aliphatic carbocycles. The van der Waals surface area contributed by atoms with Gasteiger partial charge >= 0.3 is 0 Å². The molecule has 1 nitrogen and oxygen atoms in total. The first-order valence-corrected chi connectivity index (χ1v) is 7.88. The molecule has 0 aromatic heterocycles. The largest absolute Gasteiger partial charge is 0.377 e. The molecule has 1 heteroatoms. The van der Waals surface area contributed by atoms with E-state index in [-0.39, 0.29) is 0 Å². The molecule has 0 N–H and O–H groups in total. The van der Waals surface area contributed by atoms with Crippen molar-refractivity contribution in [1.82, 2.24) is 0 Å². The third kappa shape index (κ3) is 10.6. The fraction of sp³-hybridized carbons (Fsp3) is 0.765. The van der Waals surface area contributed by atoms with Gasteiger partial charge in [-0.15, -0.1) is 0 Å². The Bertz CT molecular complexity index is 194. The predicted molar refractivity (Wildman–Crippen MR) is 79.9 cm³/mol. The molecule has 0 aromatic carbocycles. The van der Waals surface area contributed by atoms with Gasteiger partial charge in [0.15, 0.2) is 0 Å². The van der Waals surface area contributed by atoms with Crippen molar-refractivity contribution in [3.63, 3.8) is 0 Å². The second kappa shape index (κ2) is 12.9. The molecule has 104 valence electrons. The third-order valence-electron chi connectivity index (χ3n) is 3.45. The maximum absolute atomic E-state index is 5.58. The lowest BCUT2D eigenvalue weighted by Crippen LogP contribution is -1.94. The van der Waals surface area contributed by atoms with Gasteiger partial charge < -0.3 is 4.74 Å². The van der Waals surface area contributed by atoms with Crippen molar-refractivity contribution in [1.29, 1.82) is 0 Å². The summed E-state index contributed by atoms with van der Waals surface area (Å²) in [4.78, 5) is 0. The molecular formula is C17H30O. The molecule has 0 radical (unpaired) electrons. The SMILES string of the molecule is C1=C\CCCCCCOC/C=C/CCCCCC/1. The summed E-state index contributed by atoms with van der Waals surface area (Å²) in [6.45, 7) is 1.74. The zero-order chi connectivity index (χ0) is 12.7. The van der Waals surface area contributed by atoms with E-state index in [1.165, 1.54) is 70.6 Å². The topological polar surface area (TPSA) is 9.23 Å². The zero-order valence-corrected chi connectivity index (χ0v) is 11.9. The molecule has 0 amide bonds. The van der Waals surface area contributed by atoms with E-state index in [1.807, 2.05) is 0 Å². The second-order valence-electron chi connectivity index (χ2n) is 5.21. The van der Waals surface area contributed by atoms with Crippen LogP contribution in [0.1, 0.15) is 70.6 Å². The number of hydrogen-bond acceptors (Lipinski definition) is 1. The molecular weight excluding hydrogens is 220 g/mol.